The number of nitrogens with one attached hydrogen (secondary N) is 3. The van der Waals surface area contributed by atoms with Gasteiger partial charge in [-0.2, -0.15) is 9.97 Å². The molecule has 2 fully saturated rings. The first-order valence-corrected chi connectivity index (χ1v) is 17.6. The normalized spacial score (nSPS) is 17.2. The Kier molecular flexibility index (Phi) is 8.68. The number of rotatable bonds is 9. The number of piperazine rings is 2. The van der Waals surface area contributed by atoms with E-state index in [-0.39, 0.29) is 0 Å². The lowest BCUT2D eigenvalue weighted by molar-refractivity contribution is -0.0564. The predicted molar refractivity (Wildman–Crippen MR) is 178 cm³/mol. The van der Waals surface area contributed by atoms with E-state index >= 15 is 0 Å². The highest BCUT2D eigenvalue weighted by atomic mass is 31.2. The van der Waals surface area contributed by atoms with Crippen LogP contribution in [-0.4, -0.2) is 117 Å². The summed E-state index contributed by atoms with van der Waals surface area (Å²) in [5.41, 5.74) is 3.30. The highest BCUT2D eigenvalue weighted by molar-refractivity contribution is 7.70. The fourth-order valence-electron chi connectivity index (χ4n) is 5.75. The number of H-pyrrole nitrogens is 1. The van der Waals surface area contributed by atoms with Gasteiger partial charge in [-0.15, -0.1) is 0 Å². The summed E-state index contributed by atoms with van der Waals surface area (Å²) in [5.74, 6) is 2.32. The maximum atomic E-state index is 12.6. The van der Waals surface area contributed by atoms with Gasteiger partial charge in [0.05, 0.1) is 31.0 Å². The zero-order chi connectivity index (χ0) is 30.8. The van der Waals surface area contributed by atoms with Crippen LogP contribution in [0, 0.1) is 0 Å². The van der Waals surface area contributed by atoms with E-state index in [4.69, 9.17) is 19.4 Å². The van der Waals surface area contributed by atoms with Crippen molar-refractivity contribution in [3.8, 4) is 11.5 Å². The van der Waals surface area contributed by atoms with Crippen LogP contribution in [0.4, 0.5) is 28.8 Å². The quantitative estimate of drug-likeness (QED) is 0.236. The summed E-state index contributed by atoms with van der Waals surface area (Å²) in [7, 11) is 3.04. The van der Waals surface area contributed by atoms with Crippen molar-refractivity contribution in [3.05, 3.63) is 48.7 Å². The SMILES string of the molecule is COc1cc(N2CCN(N3CCN(C)CC3)CC2)ccc1Nc1nc(Nc2ccc(P(C)(C)=O)cc2OC)c2cc[nH]c2n1. The van der Waals surface area contributed by atoms with Crippen LogP contribution in [0.2, 0.25) is 0 Å². The Morgan fingerprint density at radius 2 is 1.43 bits per heavy atom. The molecule has 4 aromatic rings. The smallest absolute Gasteiger partial charge is 0.231 e. The first-order valence-electron chi connectivity index (χ1n) is 15.0. The maximum Gasteiger partial charge on any atom is 0.231 e. The summed E-state index contributed by atoms with van der Waals surface area (Å²) in [6.07, 6.45) is 1.83. The van der Waals surface area contributed by atoms with Crippen molar-refractivity contribution in [1.82, 2.24) is 29.9 Å². The highest BCUT2D eigenvalue weighted by Crippen LogP contribution is 2.39. The van der Waals surface area contributed by atoms with Crippen molar-refractivity contribution in [2.45, 2.75) is 0 Å². The minimum Gasteiger partial charge on any atom is -0.495 e. The molecule has 0 saturated carbocycles. The Balaban J connectivity index is 1.19. The first kappa shape index (κ1) is 30.2. The molecule has 0 unspecified atom stereocenters. The van der Waals surface area contributed by atoms with E-state index in [0.717, 1.165) is 80.2 Å². The van der Waals surface area contributed by atoms with Gasteiger partial charge >= 0.3 is 0 Å². The highest BCUT2D eigenvalue weighted by Gasteiger charge is 2.25. The van der Waals surface area contributed by atoms with Crippen molar-refractivity contribution >= 4 is 52.3 Å². The number of benzene rings is 2. The zero-order valence-electron chi connectivity index (χ0n) is 26.1. The van der Waals surface area contributed by atoms with E-state index in [2.05, 4.69) is 54.6 Å². The summed E-state index contributed by atoms with van der Waals surface area (Å²) in [4.78, 5) is 17.5. The second-order valence-corrected chi connectivity index (χ2v) is 14.9. The summed E-state index contributed by atoms with van der Waals surface area (Å²) in [5, 5.41) is 13.4. The first-order chi connectivity index (χ1) is 21.2. The molecule has 0 atom stereocenters. The molecule has 0 radical (unpaired) electrons. The maximum absolute atomic E-state index is 12.6. The average Bonchev–Trinajstić information content (AvgIpc) is 3.50. The molecule has 2 aromatic heterocycles. The topological polar surface area (TPSA) is 114 Å². The number of likely N-dealkylation sites (N-methyl/N-ethyl adjacent to an activating group) is 1. The predicted octanol–water partition coefficient (Wildman–Crippen LogP) is 3.99. The van der Waals surface area contributed by atoms with Gasteiger partial charge in [0.2, 0.25) is 5.95 Å². The summed E-state index contributed by atoms with van der Waals surface area (Å²) in [6, 6.07) is 13.7. The standard InChI is InChI=1S/C31H42N9O3P/c1-37-12-16-39(17-13-37)40-18-14-38(15-19-40)22-6-8-26(27(20-22)42-2)34-31-35-29-24(10-11-32-29)30(36-31)33-25-9-7-23(44(4,5)41)21-28(25)43-3/h6-11,20-21H,12-19H2,1-5H3,(H3,32,33,34,35,36). The molecule has 44 heavy (non-hydrogen) atoms. The van der Waals surface area contributed by atoms with Crippen LogP contribution in [0.15, 0.2) is 48.7 Å². The van der Waals surface area contributed by atoms with Gasteiger partial charge in [-0.05, 0) is 56.8 Å². The minimum atomic E-state index is -2.44. The summed E-state index contributed by atoms with van der Waals surface area (Å²) < 4.78 is 24.1. The fourth-order valence-corrected chi connectivity index (χ4v) is 6.62. The molecule has 13 heteroatoms. The molecule has 234 valence electrons. The van der Waals surface area contributed by atoms with Crippen molar-refractivity contribution in [2.75, 3.05) is 102 Å². The van der Waals surface area contributed by atoms with Crippen LogP contribution in [0.3, 0.4) is 0 Å². The third-order valence-electron chi connectivity index (χ3n) is 8.41. The number of ether oxygens (including phenoxy) is 2. The molecule has 2 aliphatic rings. The molecular weight excluding hydrogens is 577 g/mol. The Hall–Kier alpha value is -3.83. The number of hydrogen-bond donors (Lipinski definition) is 3. The molecule has 12 nitrogen and oxygen atoms in total. The third kappa shape index (κ3) is 6.49. The number of anilines is 5. The molecular formula is C31H42N9O3P. The molecule has 3 N–H and O–H groups in total. The number of fused-ring (bicyclic) bond motifs is 1. The number of hydrazine groups is 1. The summed E-state index contributed by atoms with van der Waals surface area (Å²) in [6.45, 7) is 11.9. The molecule has 0 bridgehead atoms. The van der Waals surface area contributed by atoms with Gasteiger partial charge in [-0.3, -0.25) is 0 Å². The van der Waals surface area contributed by atoms with E-state index < -0.39 is 7.14 Å². The molecule has 4 heterocycles. The van der Waals surface area contributed by atoms with Gasteiger partial charge in [-0.25, -0.2) is 10.0 Å². The molecule has 0 spiro atoms. The molecule has 6 rings (SSSR count). The molecule has 0 amide bonds. The molecule has 2 aliphatic heterocycles. The van der Waals surface area contributed by atoms with Crippen molar-refractivity contribution < 1.29 is 14.0 Å². The minimum absolute atomic E-state index is 0.413. The molecule has 0 aliphatic carbocycles. The van der Waals surface area contributed by atoms with E-state index in [1.807, 2.05) is 36.5 Å². The number of hydrogen-bond acceptors (Lipinski definition) is 11. The van der Waals surface area contributed by atoms with E-state index in [9.17, 15) is 4.57 Å². The van der Waals surface area contributed by atoms with E-state index in [0.29, 0.717) is 28.9 Å². The van der Waals surface area contributed by atoms with Crippen molar-refractivity contribution in [3.63, 3.8) is 0 Å². The van der Waals surface area contributed by atoms with E-state index in [1.54, 1.807) is 27.5 Å². The fraction of sp³-hybridized carbons (Fsp3) is 0.419. The third-order valence-corrected chi connectivity index (χ3v) is 9.93. The summed E-state index contributed by atoms with van der Waals surface area (Å²) >= 11 is 0. The van der Waals surface area contributed by atoms with Gasteiger partial charge in [0.15, 0.2) is 0 Å². The zero-order valence-corrected chi connectivity index (χ0v) is 27.0. The lowest BCUT2D eigenvalue weighted by Gasteiger charge is -2.44. The van der Waals surface area contributed by atoms with E-state index in [1.165, 1.54) is 0 Å². The molecule has 2 saturated heterocycles. The Morgan fingerprint density at radius 3 is 2.11 bits per heavy atom. The van der Waals surface area contributed by atoms with Gasteiger partial charge in [0.1, 0.15) is 30.1 Å². The average molecular weight is 620 g/mol. The monoisotopic (exact) mass is 619 g/mol. The van der Waals surface area contributed by atoms with Crippen LogP contribution in [-0.2, 0) is 4.57 Å². The van der Waals surface area contributed by atoms with Crippen LogP contribution < -0.4 is 30.3 Å². The largest absolute Gasteiger partial charge is 0.495 e. The number of methoxy groups -OCH3 is 2. The lowest BCUT2D eigenvalue weighted by atomic mass is 10.2. The number of aromatic nitrogens is 3. The molecule has 2 aromatic carbocycles. The van der Waals surface area contributed by atoms with Crippen LogP contribution in [0.5, 0.6) is 11.5 Å². The Labute approximate surface area is 258 Å². The van der Waals surface area contributed by atoms with Crippen LogP contribution >= 0.6 is 7.14 Å². The Morgan fingerprint density at radius 1 is 0.795 bits per heavy atom. The van der Waals surface area contributed by atoms with Gasteiger partial charge < -0.3 is 39.5 Å². The number of nitrogens with zero attached hydrogens (tertiary/aromatic N) is 6. The van der Waals surface area contributed by atoms with Crippen molar-refractivity contribution in [2.24, 2.45) is 0 Å². The van der Waals surface area contributed by atoms with Gasteiger partial charge in [0, 0.05) is 75.6 Å². The lowest BCUT2D eigenvalue weighted by Crippen LogP contribution is -2.58. The van der Waals surface area contributed by atoms with Gasteiger partial charge in [-0.1, -0.05) is 0 Å². The van der Waals surface area contributed by atoms with Crippen LogP contribution in [0.1, 0.15) is 0 Å². The Bertz CT molecular complexity index is 1660. The second kappa shape index (κ2) is 12.6. The second-order valence-electron chi connectivity index (χ2n) is 11.7. The van der Waals surface area contributed by atoms with Crippen LogP contribution in [0.25, 0.3) is 11.0 Å². The number of aromatic amines is 1. The van der Waals surface area contributed by atoms with Crippen molar-refractivity contribution in [1.29, 1.82) is 0 Å². The van der Waals surface area contributed by atoms with Gasteiger partial charge in [0.25, 0.3) is 0 Å².